The number of carbonyl (C=O) groups is 2. The van der Waals surface area contributed by atoms with E-state index in [0.717, 1.165) is 6.07 Å². The van der Waals surface area contributed by atoms with Crippen LogP contribution >= 0.6 is 0 Å². The average molecular weight is 291 g/mol. The molecule has 0 unspecified atom stereocenters. The molecule has 2 amide bonds. The SMILES string of the molecule is Cc1cc(NC(=O)[C@H](C)NC(=O)c2cccc(F)c2)no1. The van der Waals surface area contributed by atoms with E-state index in [1.54, 1.807) is 13.0 Å². The predicted molar refractivity (Wildman–Crippen MR) is 73.2 cm³/mol. The van der Waals surface area contributed by atoms with Gasteiger partial charge in [-0.15, -0.1) is 0 Å². The number of nitrogens with one attached hydrogen (secondary N) is 2. The summed E-state index contributed by atoms with van der Waals surface area (Å²) in [6, 6.07) is 5.97. The van der Waals surface area contributed by atoms with E-state index in [-0.39, 0.29) is 11.4 Å². The summed E-state index contributed by atoms with van der Waals surface area (Å²) in [4.78, 5) is 23.8. The number of nitrogens with zero attached hydrogens (tertiary/aromatic N) is 1. The molecule has 0 aliphatic rings. The third-order valence-corrected chi connectivity index (χ3v) is 2.71. The number of aromatic nitrogens is 1. The number of aryl methyl sites for hydroxylation is 1. The number of anilines is 1. The minimum atomic E-state index is -0.808. The Morgan fingerprint density at radius 1 is 1.33 bits per heavy atom. The van der Waals surface area contributed by atoms with Crippen LogP contribution in [0.2, 0.25) is 0 Å². The zero-order chi connectivity index (χ0) is 15.4. The number of halogens is 1. The third-order valence-electron chi connectivity index (χ3n) is 2.71. The Hall–Kier alpha value is -2.70. The first-order valence-corrected chi connectivity index (χ1v) is 6.26. The van der Waals surface area contributed by atoms with Crippen molar-refractivity contribution < 1.29 is 18.5 Å². The molecule has 0 aliphatic carbocycles. The average Bonchev–Trinajstić information content (AvgIpc) is 2.84. The number of amides is 2. The van der Waals surface area contributed by atoms with Crippen molar-refractivity contribution in [1.82, 2.24) is 10.5 Å². The Morgan fingerprint density at radius 2 is 2.10 bits per heavy atom. The highest BCUT2D eigenvalue weighted by Crippen LogP contribution is 2.08. The van der Waals surface area contributed by atoms with Gasteiger partial charge in [0.1, 0.15) is 17.6 Å². The van der Waals surface area contributed by atoms with E-state index in [9.17, 15) is 14.0 Å². The van der Waals surface area contributed by atoms with Crippen LogP contribution in [0.5, 0.6) is 0 Å². The molecule has 1 aromatic heterocycles. The maximum atomic E-state index is 13.0. The van der Waals surface area contributed by atoms with Crippen LogP contribution in [0.15, 0.2) is 34.9 Å². The van der Waals surface area contributed by atoms with Crippen LogP contribution in [0.4, 0.5) is 10.2 Å². The summed E-state index contributed by atoms with van der Waals surface area (Å²) in [5, 5.41) is 8.59. The molecule has 1 atom stereocenters. The molecule has 0 fully saturated rings. The van der Waals surface area contributed by atoms with Crippen LogP contribution in [-0.4, -0.2) is 23.0 Å². The lowest BCUT2D eigenvalue weighted by molar-refractivity contribution is -0.117. The molecule has 6 nitrogen and oxygen atoms in total. The van der Waals surface area contributed by atoms with Gasteiger partial charge in [0, 0.05) is 11.6 Å². The molecule has 2 rings (SSSR count). The number of rotatable bonds is 4. The van der Waals surface area contributed by atoms with E-state index in [2.05, 4.69) is 15.8 Å². The number of hydrogen-bond acceptors (Lipinski definition) is 4. The van der Waals surface area contributed by atoms with Gasteiger partial charge in [0.15, 0.2) is 5.82 Å². The first-order chi connectivity index (χ1) is 9.95. The maximum absolute atomic E-state index is 13.0. The number of carbonyl (C=O) groups excluding carboxylic acids is 2. The van der Waals surface area contributed by atoms with Gasteiger partial charge < -0.3 is 15.2 Å². The smallest absolute Gasteiger partial charge is 0.252 e. The highest BCUT2D eigenvalue weighted by atomic mass is 19.1. The van der Waals surface area contributed by atoms with Crippen LogP contribution in [0, 0.1) is 12.7 Å². The van der Waals surface area contributed by atoms with Crippen molar-refractivity contribution in [2.24, 2.45) is 0 Å². The fourth-order valence-corrected chi connectivity index (χ4v) is 1.64. The molecule has 7 heteroatoms. The normalized spacial score (nSPS) is 11.8. The molecule has 2 N–H and O–H groups in total. The summed E-state index contributed by atoms with van der Waals surface area (Å²) >= 11 is 0. The third kappa shape index (κ3) is 3.88. The van der Waals surface area contributed by atoms with E-state index in [1.807, 2.05) is 0 Å². The van der Waals surface area contributed by atoms with Crippen molar-refractivity contribution in [1.29, 1.82) is 0 Å². The quantitative estimate of drug-likeness (QED) is 0.900. The van der Waals surface area contributed by atoms with Gasteiger partial charge in [-0.2, -0.15) is 0 Å². The molecule has 0 saturated carbocycles. The second-order valence-electron chi connectivity index (χ2n) is 4.52. The second-order valence-corrected chi connectivity index (χ2v) is 4.52. The van der Waals surface area contributed by atoms with Crippen molar-refractivity contribution in [2.75, 3.05) is 5.32 Å². The van der Waals surface area contributed by atoms with Crippen molar-refractivity contribution in [2.45, 2.75) is 19.9 Å². The largest absolute Gasteiger partial charge is 0.360 e. The maximum Gasteiger partial charge on any atom is 0.252 e. The molecule has 0 radical (unpaired) electrons. The molecule has 2 aromatic rings. The fourth-order valence-electron chi connectivity index (χ4n) is 1.64. The van der Waals surface area contributed by atoms with E-state index in [1.165, 1.54) is 25.1 Å². The number of hydrogen-bond donors (Lipinski definition) is 2. The lowest BCUT2D eigenvalue weighted by atomic mass is 10.2. The molecule has 0 spiro atoms. The Labute approximate surface area is 120 Å². The van der Waals surface area contributed by atoms with Crippen LogP contribution in [0.1, 0.15) is 23.0 Å². The molecule has 1 aromatic carbocycles. The van der Waals surface area contributed by atoms with Gasteiger partial charge in [0.2, 0.25) is 5.91 Å². The Kier molecular flexibility index (Phi) is 4.32. The Morgan fingerprint density at radius 3 is 2.71 bits per heavy atom. The lowest BCUT2D eigenvalue weighted by Crippen LogP contribution is -2.41. The standard InChI is InChI=1S/C14H14FN3O3/c1-8-6-12(18-21-8)17-13(19)9(2)16-14(20)10-4-3-5-11(15)7-10/h3-7,9H,1-2H3,(H,16,20)(H,17,18,19)/t9-/m0/s1. The van der Waals surface area contributed by atoms with Crippen LogP contribution in [0.25, 0.3) is 0 Å². The van der Waals surface area contributed by atoms with Crippen LogP contribution < -0.4 is 10.6 Å². The summed E-state index contributed by atoms with van der Waals surface area (Å²) in [6.45, 7) is 3.21. The summed E-state index contributed by atoms with van der Waals surface area (Å²) < 4.78 is 17.9. The molecule has 21 heavy (non-hydrogen) atoms. The topological polar surface area (TPSA) is 84.2 Å². The van der Waals surface area contributed by atoms with Gasteiger partial charge >= 0.3 is 0 Å². The van der Waals surface area contributed by atoms with E-state index < -0.39 is 23.7 Å². The van der Waals surface area contributed by atoms with E-state index >= 15 is 0 Å². The van der Waals surface area contributed by atoms with Crippen LogP contribution in [-0.2, 0) is 4.79 Å². The molecular formula is C14H14FN3O3. The Balaban J connectivity index is 1.95. The monoisotopic (exact) mass is 291 g/mol. The lowest BCUT2D eigenvalue weighted by Gasteiger charge is -2.12. The zero-order valence-corrected chi connectivity index (χ0v) is 11.5. The van der Waals surface area contributed by atoms with Crippen molar-refractivity contribution in [3.63, 3.8) is 0 Å². The summed E-state index contributed by atoms with van der Waals surface area (Å²) in [5.74, 6) is -0.675. The summed E-state index contributed by atoms with van der Waals surface area (Å²) in [5.41, 5.74) is 0.145. The first kappa shape index (κ1) is 14.7. The molecular weight excluding hydrogens is 277 g/mol. The second kappa shape index (κ2) is 6.17. The minimum Gasteiger partial charge on any atom is -0.360 e. The van der Waals surface area contributed by atoms with Crippen LogP contribution in [0.3, 0.4) is 0 Å². The zero-order valence-electron chi connectivity index (χ0n) is 11.5. The molecule has 0 bridgehead atoms. The van der Waals surface area contributed by atoms with Gasteiger partial charge in [0.25, 0.3) is 5.91 Å². The van der Waals surface area contributed by atoms with Crippen molar-refractivity contribution >= 4 is 17.6 Å². The fraction of sp³-hybridized carbons (Fsp3) is 0.214. The molecule has 0 aliphatic heterocycles. The van der Waals surface area contributed by atoms with Crippen molar-refractivity contribution in [3.8, 4) is 0 Å². The van der Waals surface area contributed by atoms with E-state index in [4.69, 9.17) is 4.52 Å². The first-order valence-electron chi connectivity index (χ1n) is 6.26. The Bertz CT molecular complexity index is 669. The highest BCUT2D eigenvalue weighted by molar-refractivity contribution is 6.00. The van der Waals surface area contributed by atoms with Crippen molar-refractivity contribution in [3.05, 3.63) is 47.5 Å². The molecule has 1 heterocycles. The summed E-state index contributed by atoms with van der Waals surface area (Å²) in [6.07, 6.45) is 0. The van der Waals surface area contributed by atoms with E-state index in [0.29, 0.717) is 5.76 Å². The number of benzene rings is 1. The molecule has 0 saturated heterocycles. The van der Waals surface area contributed by atoms with Gasteiger partial charge in [0.05, 0.1) is 0 Å². The summed E-state index contributed by atoms with van der Waals surface area (Å²) in [7, 11) is 0. The van der Waals surface area contributed by atoms with Gasteiger partial charge in [-0.25, -0.2) is 4.39 Å². The molecule has 110 valence electrons. The van der Waals surface area contributed by atoms with Gasteiger partial charge in [-0.05, 0) is 32.0 Å². The van der Waals surface area contributed by atoms with Gasteiger partial charge in [-0.1, -0.05) is 11.2 Å². The minimum absolute atomic E-state index is 0.145. The highest BCUT2D eigenvalue weighted by Gasteiger charge is 2.18. The van der Waals surface area contributed by atoms with Gasteiger partial charge in [-0.3, -0.25) is 9.59 Å². The predicted octanol–water partition coefficient (Wildman–Crippen LogP) is 1.88.